The number of rotatable bonds is 7. The SMILES string of the molecule is CCCc1ccc(C#N)c(SCCC(=O)Nc2sc3c(c2C#N)CCC(C(C)(C)C)C3)n1. The summed E-state index contributed by atoms with van der Waals surface area (Å²) in [6.45, 7) is 8.91. The standard InChI is InChI=1S/C25H30N4OS2/c1-5-6-18-9-7-16(14-26)23(28-18)31-12-11-22(30)29-24-20(15-27)19-10-8-17(25(2,3)4)13-21(19)32-24/h7,9,17H,5-6,8,10-13H2,1-4H3,(H,29,30). The van der Waals surface area contributed by atoms with Crippen molar-refractivity contribution in [2.24, 2.45) is 11.3 Å². The van der Waals surface area contributed by atoms with Gasteiger partial charge in [0.05, 0.1) is 11.1 Å². The Balaban J connectivity index is 1.63. The molecule has 0 bridgehead atoms. The Hall–Kier alpha value is -2.35. The summed E-state index contributed by atoms with van der Waals surface area (Å²) in [7, 11) is 0. The van der Waals surface area contributed by atoms with E-state index in [9.17, 15) is 15.3 Å². The van der Waals surface area contributed by atoms with Crippen LogP contribution in [0.3, 0.4) is 0 Å². The molecule has 2 aromatic rings. The minimum absolute atomic E-state index is 0.108. The quantitative estimate of drug-likeness (QED) is 0.497. The molecule has 7 heteroatoms. The van der Waals surface area contributed by atoms with E-state index in [2.05, 4.69) is 50.1 Å². The Morgan fingerprint density at radius 1 is 1.31 bits per heavy atom. The molecule has 2 aromatic heterocycles. The Kier molecular flexibility index (Phi) is 7.98. The van der Waals surface area contributed by atoms with Crippen LogP contribution in [-0.2, 0) is 24.1 Å². The molecule has 1 atom stereocenters. The number of hydrogen-bond acceptors (Lipinski definition) is 6. The molecule has 32 heavy (non-hydrogen) atoms. The molecule has 0 aromatic carbocycles. The van der Waals surface area contributed by atoms with Gasteiger partial charge in [0, 0.05) is 22.7 Å². The molecule has 0 radical (unpaired) electrons. The van der Waals surface area contributed by atoms with Crippen LogP contribution in [0.2, 0.25) is 0 Å². The number of amides is 1. The first kappa shape index (κ1) is 24.3. The van der Waals surface area contributed by atoms with E-state index in [1.54, 1.807) is 17.4 Å². The van der Waals surface area contributed by atoms with Crippen LogP contribution in [-0.4, -0.2) is 16.6 Å². The number of anilines is 1. The lowest BCUT2D eigenvalue weighted by Gasteiger charge is -2.33. The molecule has 0 aliphatic heterocycles. The van der Waals surface area contributed by atoms with Gasteiger partial charge in [0.1, 0.15) is 22.2 Å². The smallest absolute Gasteiger partial charge is 0.225 e. The van der Waals surface area contributed by atoms with Crippen LogP contribution in [0, 0.1) is 34.0 Å². The summed E-state index contributed by atoms with van der Waals surface area (Å²) in [5.41, 5.74) is 3.51. The highest BCUT2D eigenvalue weighted by Gasteiger charge is 2.32. The number of fused-ring (bicyclic) bond motifs is 1. The molecular weight excluding hydrogens is 436 g/mol. The van der Waals surface area contributed by atoms with Gasteiger partial charge in [-0.15, -0.1) is 23.1 Å². The molecule has 0 saturated heterocycles. The van der Waals surface area contributed by atoms with Crippen molar-refractivity contribution >= 4 is 34.0 Å². The van der Waals surface area contributed by atoms with Crippen molar-refractivity contribution in [2.45, 2.75) is 71.2 Å². The number of carbonyl (C=O) groups is 1. The summed E-state index contributed by atoms with van der Waals surface area (Å²) in [4.78, 5) is 18.4. The molecule has 5 nitrogen and oxygen atoms in total. The van der Waals surface area contributed by atoms with Crippen molar-refractivity contribution in [3.63, 3.8) is 0 Å². The molecule has 168 valence electrons. The predicted molar refractivity (Wildman–Crippen MR) is 131 cm³/mol. The third-order valence-electron chi connectivity index (χ3n) is 5.97. The normalized spacial score (nSPS) is 15.5. The number of nitrogens with zero attached hydrogens (tertiary/aromatic N) is 3. The van der Waals surface area contributed by atoms with Crippen LogP contribution >= 0.6 is 23.1 Å². The average molecular weight is 467 g/mol. The van der Waals surface area contributed by atoms with Crippen molar-refractivity contribution in [1.82, 2.24) is 4.98 Å². The van der Waals surface area contributed by atoms with Gasteiger partial charge < -0.3 is 5.32 Å². The van der Waals surface area contributed by atoms with E-state index in [1.807, 2.05) is 6.07 Å². The van der Waals surface area contributed by atoms with Gasteiger partial charge in [-0.1, -0.05) is 34.1 Å². The summed E-state index contributed by atoms with van der Waals surface area (Å²) >= 11 is 3.00. The summed E-state index contributed by atoms with van der Waals surface area (Å²) < 4.78 is 0. The molecule has 0 fully saturated rings. The van der Waals surface area contributed by atoms with E-state index in [0.29, 0.717) is 39.2 Å². The summed E-state index contributed by atoms with van der Waals surface area (Å²) in [6.07, 6.45) is 5.12. The number of hydrogen-bond donors (Lipinski definition) is 1. The number of pyridine rings is 1. The first-order valence-electron chi connectivity index (χ1n) is 11.1. The molecule has 1 unspecified atom stereocenters. The van der Waals surface area contributed by atoms with Gasteiger partial charge in [-0.3, -0.25) is 4.79 Å². The first-order valence-corrected chi connectivity index (χ1v) is 12.9. The molecule has 3 rings (SSSR count). The Labute approximate surface area is 199 Å². The highest BCUT2D eigenvalue weighted by Crippen LogP contribution is 2.44. The zero-order valence-corrected chi connectivity index (χ0v) is 20.9. The van der Waals surface area contributed by atoms with Gasteiger partial charge in [0.2, 0.25) is 5.91 Å². The second-order valence-electron chi connectivity index (χ2n) is 9.29. The largest absolute Gasteiger partial charge is 0.317 e. The maximum Gasteiger partial charge on any atom is 0.225 e. The van der Waals surface area contributed by atoms with Gasteiger partial charge in [-0.05, 0) is 54.7 Å². The lowest BCUT2D eigenvalue weighted by Crippen LogP contribution is -2.26. The zero-order valence-electron chi connectivity index (χ0n) is 19.2. The van der Waals surface area contributed by atoms with Crippen molar-refractivity contribution in [2.75, 3.05) is 11.1 Å². The number of thioether (sulfide) groups is 1. The van der Waals surface area contributed by atoms with Crippen LogP contribution in [0.15, 0.2) is 17.2 Å². The molecule has 1 amide bonds. The molecule has 0 saturated carbocycles. The fourth-order valence-electron chi connectivity index (χ4n) is 4.03. The molecule has 1 N–H and O–H groups in total. The Bertz CT molecular complexity index is 1070. The minimum Gasteiger partial charge on any atom is -0.317 e. The predicted octanol–water partition coefficient (Wildman–Crippen LogP) is 6.11. The fourth-order valence-corrected chi connectivity index (χ4v) is 6.26. The maximum atomic E-state index is 12.6. The number of aromatic nitrogens is 1. The van der Waals surface area contributed by atoms with E-state index >= 15 is 0 Å². The van der Waals surface area contributed by atoms with Crippen molar-refractivity contribution < 1.29 is 4.79 Å². The highest BCUT2D eigenvalue weighted by molar-refractivity contribution is 7.99. The van der Waals surface area contributed by atoms with Gasteiger partial charge in [0.15, 0.2) is 0 Å². The van der Waals surface area contributed by atoms with E-state index in [4.69, 9.17) is 0 Å². The summed E-state index contributed by atoms with van der Waals surface area (Å²) in [5, 5.41) is 23.4. The summed E-state index contributed by atoms with van der Waals surface area (Å²) in [5.74, 6) is 1.01. The third kappa shape index (κ3) is 5.71. The first-order chi connectivity index (χ1) is 15.3. The molecular formula is C25H30N4OS2. The van der Waals surface area contributed by atoms with Crippen LogP contribution in [0.5, 0.6) is 0 Å². The van der Waals surface area contributed by atoms with E-state index in [-0.39, 0.29) is 11.3 Å². The second kappa shape index (κ2) is 10.5. The second-order valence-corrected chi connectivity index (χ2v) is 11.5. The monoisotopic (exact) mass is 466 g/mol. The van der Waals surface area contributed by atoms with Crippen molar-refractivity contribution in [1.29, 1.82) is 10.5 Å². The number of carbonyl (C=O) groups excluding carboxylic acids is 1. The lowest BCUT2D eigenvalue weighted by molar-refractivity contribution is -0.115. The van der Waals surface area contributed by atoms with Gasteiger partial charge in [0.25, 0.3) is 0 Å². The number of nitriles is 2. The highest BCUT2D eigenvalue weighted by atomic mass is 32.2. The van der Waals surface area contributed by atoms with Gasteiger partial charge in [-0.2, -0.15) is 10.5 Å². The van der Waals surface area contributed by atoms with E-state index in [0.717, 1.165) is 43.4 Å². The maximum absolute atomic E-state index is 12.6. The molecule has 1 aliphatic rings. The zero-order chi connectivity index (χ0) is 23.3. The van der Waals surface area contributed by atoms with Crippen LogP contribution in [0.1, 0.15) is 74.2 Å². The fraction of sp³-hybridized carbons (Fsp3) is 0.520. The Morgan fingerprint density at radius 2 is 2.09 bits per heavy atom. The van der Waals surface area contributed by atoms with Crippen molar-refractivity contribution in [3.05, 3.63) is 39.4 Å². The van der Waals surface area contributed by atoms with Gasteiger partial charge in [-0.25, -0.2) is 4.98 Å². The lowest BCUT2D eigenvalue weighted by atomic mass is 9.72. The van der Waals surface area contributed by atoms with Crippen LogP contribution in [0.4, 0.5) is 5.00 Å². The van der Waals surface area contributed by atoms with Crippen LogP contribution in [0.25, 0.3) is 0 Å². The topological polar surface area (TPSA) is 89.6 Å². The number of thiophene rings is 1. The molecule has 1 aliphatic carbocycles. The Morgan fingerprint density at radius 3 is 2.75 bits per heavy atom. The minimum atomic E-state index is -0.108. The third-order valence-corrected chi connectivity index (χ3v) is 8.13. The number of aryl methyl sites for hydroxylation is 1. The van der Waals surface area contributed by atoms with E-state index in [1.165, 1.54) is 16.6 Å². The van der Waals surface area contributed by atoms with E-state index < -0.39 is 0 Å². The molecule has 2 heterocycles. The van der Waals surface area contributed by atoms with Crippen LogP contribution < -0.4 is 5.32 Å². The molecule has 0 spiro atoms. The average Bonchev–Trinajstić information content (AvgIpc) is 3.09. The van der Waals surface area contributed by atoms with Gasteiger partial charge >= 0.3 is 0 Å². The number of nitrogens with one attached hydrogen (secondary N) is 1. The van der Waals surface area contributed by atoms with Crippen molar-refractivity contribution in [3.8, 4) is 12.1 Å². The summed E-state index contributed by atoms with van der Waals surface area (Å²) in [6, 6.07) is 8.20.